The zero-order chi connectivity index (χ0) is 36.5. The number of nitrogens with zero attached hydrogens (tertiary/aromatic N) is 2. The molecule has 3 aliphatic rings. The first kappa shape index (κ1) is 32.9. The Morgan fingerprint density at radius 2 is 0.827 bits per heavy atom. The van der Waals surface area contributed by atoms with Crippen molar-refractivity contribution in [1.29, 1.82) is 0 Å². The molecule has 0 radical (unpaired) electrons. The number of benzene rings is 6. The Morgan fingerprint density at radius 1 is 0.462 bits per heavy atom. The van der Waals surface area contributed by atoms with Crippen molar-refractivity contribution in [2.75, 3.05) is 9.80 Å². The Hall–Kier alpha value is -5.02. The zero-order valence-corrected chi connectivity index (χ0v) is 32.4. The quantitative estimate of drug-likeness (QED) is 0.172. The van der Waals surface area contributed by atoms with Crippen LogP contribution < -0.4 is 26.2 Å². The van der Waals surface area contributed by atoms with E-state index in [1.165, 1.54) is 95.0 Å². The van der Waals surface area contributed by atoms with Crippen LogP contribution >= 0.6 is 0 Å². The maximum absolute atomic E-state index is 2.58. The van der Waals surface area contributed by atoms with Crippen LogP contribution in [0, 0.1) is 20.8 Å². The van der Waals surface area contributed by atoms with E-state index in [1.54, 1.807) is 0 Å². The molecular weight excluding hydrogens is 627 g/mol. The van der Waals surface area contributed by atoms with Gasteiger partial charge in [0.1, 0.15) is 0 Å². The average molecular weight is 677 g/mol. The van der Waals surface area contributed by atoms with Crippen LogP contribution in [0.2, 0.25) is 0 Å². The third-order valence-corrected chi connectivity index (χ3v) is 12.1. The first-order chi connectivity index (χ1) is 24.7. The predicted octanol–water partition coefficient (Wildman–Crippen LogP) is 11.0. The Balaban J connectivity index is 1.42. The molecular formula is C49H49BN2. The minimum Gasteiger partial charge on any atom is -0.311 e. The standard InChI is InChI=1S/C49H49BN2/c1-30-24-38-44-40(26-30)51(36-20-16-33(17-21-36)47(4,5)6)42-28-32(3)29-43-46(42)50(44)45-39(49(38,10)35-14-12-11-13-15-35)25-31(2)27-41(45)52(43)37-22-18-34(19-23-37)48(7,8)9/h11-29H,1-10H3. The summed E-state index contributed by atoms with van der Waals surface area (Å²) in [5, 5.41) is 0. The van der Waals surface area contributed by atoms with Crippen LogP contribution in [0.1, 0.15) is 93.0 Å². The SMILES string of the molecule is Cc1cc2c3c(c1)N(c1ccc(C(C)(C)C)cc1)c1cc(C)cc4c1B3c1c(cc(C)cc1C4(C)c1ccccc1)N2c1ccc(C(C)(C)C)cc1. The molecule has 258 valence electrons. The molecule has 6 aromatic rings. The van der Waals surface area contributed by atoms with Gasteiger partial charge in [0.05, 0.1) is 0 Å². The van der Waals surface area contributed by atoms with Gasteiger partial charge >= 0.3 is 0 Å². The molecule has 3 aliphatic heterocycles. The summed E-state index contributed by atoms with van der Waals surface area (Å²) in [5.74, 6) is 0. The van der Waals surface area contributed by atoms with E-state index in [9.17, 15) is 0 Å². The molecule has 0 fully saturated rings. The zero-order valence-electron chi connectivity index (χ0n) is 32.4. The molecule has 0 amide bonds. The van der Waals surface area contributed by atoms with Crippen molar-refractivity contribution in [3.05, 3.63) is 160 Å². The van der Waals surface area contributed by atoms with Gasteiger partial charge in [0.2, 0.25) is 0 Å². The molecule has 0 saturated carbocycles. The highest BCUT2D eigenvalue weighted by atomic mass is 15.2. The van der Waals surface area contributed by atoms with Gasteiger partial charge < -0.3 is 9.80 Å². The first-order valence-corrected chi connectivity index (χ1v) is 19.0. The lowest BCUT2D eigenvalue weighted by Gasteiger charge is -2.51. The van der Waals surface area contributed by atoms with E-state index in [0.29, 0.717) is 0 Å². The second-order valence-electron chi connectivity index (χ2n) is 17.9. The van der Waals surface area contributed by atoms with Crippen molar-refractivity contribution in [2.24, 2.45) is 0 Å². The van der Waals surface area contributed by atoms with Crippen molar-refractivity contribution in [2.45, 2.75) is 85.5 Å². The van der Waals surface area contributed by atoms with Crippen LogP contribution in [-0.4, -0.2) is 6.71 Å². The number of hydrogen-bond acceptors (Lipinski definition) is 2. The smallest absolute Gasteiger partial charge is 0.252 e. The molecule has 2 nitrogen and oxygen atoms in total. The summed E-state index contributed by atoms with van der Waals surface area (Å²) in [5.41, 5.74) is 22.3. The molecule has 0 N–H and O–H groups in total. The van der Waals surface area contributed by atoms with E-state index in [-0.39, 0.29) is 23.0 Å². The van der Waals surface area contributed by atoms with E-state index in [4.69, 9.17) is 0 Å². The second-order valence-corrected chi connectivity index (χ2v) is 17.9. The van der Waals surface area contributed by atoms with Crippen LogP contribution in [-0.2, 0) is 16.2 Å². The summed E-state index contributed by atoms with van der Waals surface area (Å²) in [6.45, 7) is 23.2. The Bertz CT molecular complexity index is 2260. The Labute approximate surface area is 311 Å². The van der Waals surface area contributed by atoms with Crippen molar-refractivity contribution < 1.29 is 0 Å². The van der Waals surface area contributed by atoms with E-state index >= 15 is 0 Å². The summed E-state index contributed by atoms with van der Waals surface area (Å²) in [4.78, 5) is 5.16. The number of hydrogen-bond donors (Lipinski definition) is 0. The van der Waals surface area contributed by atoms with Crippen molar-refractivity contribution in [3.63, 3.8) is 0 Å². The van der Waals surface area contributed by atoms with Crippen molar-refractivity contribution in [3.8, 4) is 0 Å². The Morgan fingerprint density at radius 3 is 1.21 bits per heavy atom. The van der Waals surface area contributed by atoms with Crippen LogP contribution in [0.25, 0.3) is 0 Å². The van der Waals surface area contributed by atoms with E-state index < -0.39 is 0 Å². The van der Waals surface area contributed by atoms with Gasteiger partial charge in [-0.25, -0.2) is 0 Å². The van der Waals surface area contributed by atoms with Crippen molar-refractivity contribution >= 4 is 57.2 Å². The third-order valence-electron chi connectivity index (χ3n) is 12.1. The fraction of sp³-hybridized carbons (Fsp3) is 0.265. The van der Waals surface area contributed by atoms with Crippen LogP contribution in [0.15, 0.2) is 115 Å². The molecule has 0 unspecified atom stereocenters. The van der Waals surface area contributed by atoms with Gasteiger partial charge in [-0.3, -0.25) is 0 Å². The lowest BCUT2D eigenvalue weighted by molar-refractivity contribution is 0.590. The molecule has 0 bridgehead atoms. The lowest BCUT2D eigenvalue weighted by atomic mass is 9.28. The minimum absolute atomic E-state index is 0.0787. The van der Waals surface area contributed by atoms with Gasteiger partial charge in [-0.05, 0) is 148 Å². The normalized spacial score (nSPS) is 15.2. The molecule has 52 heavy (non-hydrogen) atoms. The fourth-order valence-corrected chi connectivity index (χ4v) is 9.48. The largest absolute Gasteiger partial charge is 0.311 e. The number of rotatable bonds is 3. The number of aryl methyl sites for hydroxylation is 3. The topological polar surface area (TPSA) is 6.48 Å². The third kappa shape index (κ3) is 4.64. The monoisotopic (exact) mass is 676 g/mol. The highest BCUT2D eigenvalue weighted by Gasteiger charge is 2.53. The summed E-state index contributed by atoms with van der Waals surface area (Å²) in [7, 11) is 0. The average Bonchev–Trinajstić information content (AvgIpc) is 3.09. The van der Waals surface area contributed by atoms with Crippen molar-refractivity contribution in [1.82, 2.24) is 0 Å². The molecule has 6 aromatic carbocycles. The maximum atomic E-state index is 2.58. The molecule has 0 aromatic heterocycles. The lowest BCUT2D eigenvalue weighted by Crippen LogP contribution is -2.67. The van der Waals surface area contributed by atoms with E-state index in [2.05, 4.69) is 194 Å². The van der Waals surface area contributed by atoms with Gasteiger partial charge in [0.15, 0.2) is 0 Å². The molecule has 0 spiro atoms. The van der Waals surface area contributed by atoms with Gasteiger partial charge in [-0.15, -0.1) is 0 Å². The molecule has 3 heterocycles. The minimum atomic E-state index is -0.354. The van der Waals surface area contributed by atoms with E-state index in [1.807, 2.05) is 0 Å². The summed E-state index contributed by atoms with van der Waals surface area (Å²) >= 11 is 0. The van der Waals surface area contributed by atoms with Gasteiger partial charge in [-0.2, -0.15) is 0 Å². The fourth-order valence-electron chi connectivity index (χ4n) is 9.48. The maximum Gasteiger partial charge on any atom is 0.252 e. The molecule has 3 heteroatoms. The molecule has 0 atom stereocenters. The first-order valence-electron chi connectivity index (χ1n) is 19.0. The van der Waals surface area contributed by atoms with Gasteiger partial charge in [0.25, 0.3) is 6.71 Å². The van der Waals surface area contributed by atoms with E-state index in [0.717, 1.165) is 0 Å². The van der Waals surface area contributed by atoms with Gasteiger partial charge in [-0.1, -0.05) is 108 Å². The van der Waals surface area contributed by atoms with Crippen LogP contribution in [0.3, 0.4) is 0 Å². The Kier molecular flexibility index (Phi) is 6.95. The summed E-state index contributed by atoms with van der Waals surface area (Å²) in [6.07, 6.45) is 0. The second kappa shape index (κ2) is 11.0. The molecule has 0 saturated heterocycles. The highest BCUT2D eigenvalue weighted by molar-refractivity contribution is 7.01. The number of anilines is 6. The molecule has 9 rings (SSSR count). The summed E-state index contributed by atoms with van der Waals surface area (Å²) < 4.78 is 0. The highest BCUT2D eigenvalue weighted by Crippen LogP contribution is 2.51. The van der Waals surface area contributed by atoms with Crippen LogP contribution in [0.5, 0.6) is 0 Å². The van der Waals surface area contributed by atoms with Crippen LogP contribution in [0.4, 0.5) is 34.1 Å². The van der Waals surface area contributed by atoms with Gasteiger partial charge in [0, 0.05) is 39.5 Å². The predicted molar refractivity (Wildman–Crippen MR) is 224 cm³/mol. The molecule has 0 aliphatic carbocycles. The summed E-state index contributed by atoms with van der Waals surface area (Å²) in [6, 6.07) is 44.7.